The lowest BCUT2D eigenvalue weighted by Crippen LogP contribution is -2.51. The molecule has 1 aliphatic heterocycles. The van der Waals surface area contributed by atoms with Crippen molar-refractivity contribution in [2.24, 2.45) is 5.10 Å². The fraction of sp³-hybridized carbons (Fsp3) is 0.429. The van der Waals surface area contributed by atoms with E-state index in [-0.39, 0.29) is 10.8 Å². The summed E-state index contributed by atoms with van der Waals surface area (Å²) in [5.41, 5.74) is -4.78. The smallest absolute Gasteiger partial charge is 0.387 e. The summed E-state index contributed by atoms with van der Waals surface area (Å²) in [6.07, 6.45) is -8.08. The van der Waals surface area contributed by atoms with Crippen LogP contribution in [0.3, 0.4) is 0 Å². The number of ether oxygens (including phenoxy) is 2. The summed E-state index contributed by atoms with van der Waals surface area (Å²) in [4.78, 5) is 12.4. The Hall–Kier alpha value is -2.50. The average molecular weight is 386 g/mol. The molecule has 1 N–H and O–H groups in total. The first-order chi connectivity index (χ1) is 12.1. The molecule has 0 aliphatic carbocycles. The van der Waals surface area contributed by atoms with Crippen molar-refractivity contribution in [3.05, 3.63) is 23.8 Å². The molecule has 0 fully saturated rings. The van der Waals surface area contributed by atoms with Crippen LogP contribution in [0.5, 0.6) is 11.5 Å². The molecule has 6 nitrogen and oxygen atoms in total. The number of halogens is 6. The lowest BCUT2D eigenvalue weighted by atomic mass is 10.1. The van der Waals surface area contributed by atoms with Gasteiger partial charge in [-0.3, -0.25) is 4.79 Å². The van der Waals surface area contributed by atoms with Crippen molar-refractivity contribution in [1.29, 1.82) is 0 Å². The predicted molar refractivity (Wildman–Crippen MR) is 74.8 cm³/mol. The summed E-state index contributed by atoms with van der Waals surface area (Å²) in [7, 11) is 1.07. The van der Waals surface area contributed by atoms with Crippen LogP contribution in [0, 0.1) is 0 Å². The van der Waals surface area contributed by atoms with E-state index in [4.69, 9.17) is 4.74 Å². The van der Waals surface area contributed by atoms with Crippen LogP contribution in [-0.2, 0) is 0 Å². The van der Waals surface area contributed by atoms with E-state index in [0.29, 0.717) is 0 Å². The fourth-order valence-electron chi connectivity index (χ4n) is 2.22. The Labute approximate surface area is 142 Å². The minimum Gasteiger partial charge on any atom is -0.493 e. The highest BCUT2D eigenvalue weighted by Crippen LogP contribution is 2.36. The van der Waals surface area contributed by atoms with Crippen LogP contribution in [-0.4, -0.2) is 54.0 Å². The van der Waals surface area contributed by atoms with Gasteiger partial charge in [-0.05, 0) is 18.2 Å². The molecular weight excluding hydrogens is 374 g/mol. The second-order valence-corrected chi connectivity index (χ2v) is 5.11. The largest absolute Gasteiger partial charge is 0.493 e. The zero-order valence-corrected chi connectivity index (χ0v) is 13.0. The van der Waals surface area contributed by atoms with Crippen LogP contribution in [0.25, 0.3) is 0 Å². The molecule has 1 aromatic carbocycles. The van der Waals surface area contributed by atoms with E-state index in [1.54, 1.807) is 0 Å². The SMILES string of the molecule is COc1cc(C(=O)N2N=C(C(F)F)C[C@]2(O)C(F)F)ccc1OC(F)F. The van der Waals surface area contributed by atoms with Crippen LogP contribution < -0.4 is 9.47 Å². The molecule has 144 valence electrons. The van der Waals surface area contributed by atoms with Gasteiger partial charge in [0.05, 0.1) is 7.11 Å². The molecule has 26 heavy (non-hydrogen) atoms. The first-order valence-electron chi connectivity index (χ1n) is 6.93. The zero-order valence-electron chi connectivity index (χ0n) is 13.0. The van der Waals surface area contributed by atoms with Gasteiger partial charge in [-0.1, -0.05) is 0 Å². The molecule has 0 spiro atoms. The van der Waals surface area contributed by atoms with Crippen molar-refractivity contribution >= 4 is 11.6 Å². The van der Waals surface area contributed by atoms with E-state index in [1.165, 1.54) is 0 Å². The Balaban J connectivity index is 2.40. The van der Waals surface area contributed by atoms with Gasteiger partial charge in [0.15, 0.2) is 11.5 Å². The molecule has 0 aromatic heterocycles. The molecular formula is C14H12F6N2O4. The van der Waals surface area contributed by atoms with Gasteiger partial charge in [-0.15, -0.1) is 0 Å². The first kappa shape index (κ1) is 19.8. The molecule has 1 amide bonds. The normalized spacial score (nSPS) is 20.1. The van der Waals surface area contributed by atoms with Crippen LogP contribution >= 0.6 is 0 Å². The number of alkyl halides is 6. The second kappa shape index (κ2) is 7.40. The van der Waals surface area contributed by atoms with Crippen molar-refractivity contribution in [3.63, 3.8) is 0 Å². The maximum absolute atomic E-state index is 13.1. The first-order valence-corrected chi connectivity index (χ1v) is 6.93. The van der Waals surface area contributed by atoms with Crippen molar-refractivity contribution in [2.75, 3.05) is 7.11 Å². The summed E-state index contributed by atoms with van der Waals surface area (Å²) in [5.74, 6) is -2.14. The Morgan fingerprint density at radius 1 is 1.23 bits per heavy atom. The van der Waals surface area contributed by atoms with Crippen LogP contribution in [0.1, 0.15) is 16.8 Å². The molecule has 1 aliphatic rings. The van der Waals surface area contributed by atoms with Crippen LogP contribution in [0.15, 0.2) is 23.3 Å². The number of methoxy groups -OCH3 is 1. The summed E-state index contributed by atoms with van der Waals surface area (Å²) in [6, 6.07) is 2.67. The molecule has 0 bridgehead atoms. The fourth-order valence-corrected chi connectivity index (χ4v) is 2.22. The number of carbonyl (C=O) groups is 1. The molecule has 12 heteroatoms. The van der Waals surface area contributed by atoms with Gasteiger partial charge < -0.3 is 14.6 Å². The number of amides is 1. The molecule has 2 rings (SSSR count). The Bertz CT molecular complexity index is 715. The molecule has 0 radical (unpaired) electrons. The second-order valence-electron chi connectivity index (χ2n) is 5.11. The van der Waals surface area contributed by atoms with Crippen molar-refractivity contribution in [1.82, 2.24) is 5.01 Å². The third kappa shape index (κ3) is 3.69. The van der Waals surface area contributed by atoms with E-state index in [2.05, 4.69) is 9.84 Å². The minimum absolute atomic E-state index is 0.151. The van der Waals surface area contributed by atoms with E-state index in [0.717, 1.165) is 25.3 Å². The minimum atomic E-state index is -3.59. The summed E-state index contributed by atoms with van der Waals surface area (Å²) < 4.78 is 85.3. The maximum Gasteiger partial charge on any atom is 0.387 e. The summed E-state index contributed by atoms with van der Waals surface area (Å²) in [6.45, 7) is -3.19. The Kier molecular flexibility index (Phi) is 5.64. The molecule has 1 atom stereocenters. The predicted octanol–water partition coefficient (Wildman–Crippen LogP) is 2.72. The van der Waals surface area contributed by atoms with E-state index in [1.807, 2.05) is 0 Å². The number of benzene rings is 1. The van der Waals surface area contributed by atoms with E-state index in [9.17, 15) is 36.2 Å². The van der Waals surface area contributed by atoms with Crippen LogP contribution in [0.4, 0.5) is 26.3 Å². The zero-order chi connectivity index (χ0) is 19.6. The number of hydrogen-bond donors (Lipinski definition) is 1. The maximum atomic E-state index is 13.1. The topological polar surface area (TPSA) is 71.4 Å². The molecule has 0 saturated carbocycles. The Morgan fingerprint density at radius 3 is 2.38 bits per heavy atom. The molecule has 1 aromatic rings. The highest BCUT2D eigenvalue weighted by Gasteiger charge is 2.53. The van der Waals surface area contributed by atoms with Gasteiger partial charge in [0, 0.05) is 12.0 Å². The average Bonchev–Trinajstić information content (AvgIpc) is 2.93. The lowest BCUT2D eigenvalue weighted by molar-refractivity contribution is -0.164. The molecule has 0 unspecified atom stereocenters. The lowest BCUT2D eigenvalue weighted by Gasteiger charge is -2.30. The van der Waals surface area contributed by atoms with Gasteiger partial charge in [0.1, 0.15) is 5.71 Å². The number of aliphatic hydroxyl groups is 1. The van der Waals surface area contributed by atoms with Crippen molar-refractivity contribution in [2.45, 2.75) is 31.6 Å². The van der Waals surface area contributed by atoms with Gasteiger partial charge in [-0.25, -0.2) is 17.6 Å². The van der Waals surface area contributed by atoms with Crippen LogP contribution in [0.2, 0.25) is 0 Å². The summed E-state index contributed by atoms with van der Waals surface area (Å²) >= 11 is 0. The standard InChI is InChI=1S/C14H12F6N2O4/c1-25-9-4-6(2-3-8(9)26-13(19)20)11(23)22-14(24,12(17)18)5-7(21-22)10(15)16/h2-4,10,12-13,24H,5H2,1H3/t14-/m0/s1. The summed E-state index contributed by atoms with van der Waals surface area (Å²) in [5, 5.41) is 12.9. The van der Waals surface area contributed by atoms with Gasteiger partial charge in [-0.2, -0.15) is 18.9 Å². The van der Waals surface area contributed by atoms with E-state index < -0.39 is 54.5 Å². The molecule has 0 saturated heterocycles. The number of rotatable bonds is 6. The number of nitrogens with zero attached hydrogens (tertiary/aromatic N) is 2. The van der Waals surface area contributed by atoms with Crippen molar-refractivity contribution in [3.8, 4) is 11.5 Å². The van der Waals surface area contributed by atoms with Gasteiger partial charge >= 0.3 is 6.61 Å². The third-order valence-electron chi connectivity index (χ3n) is 3.46. The monoisotopic (exact) mass is 386 g/mol. The van der Waals surface area contributed by atoms with E-state index >= 15 is 0 Å². The third-order valence-corrected chi connectivity index (χ3v) is 3.46. The quantitative estimate of drug-likeness (QED) is 0.764. The van der Waals surface area contributed by atoms with Gasteiger partial charge in [0.25, 0.3) is 18.8 Å². The molecule has 1 heterocycles. The number of hydrogen-bond acceptors (Lipinski definition) is 5. The Morgan fingerprint density at radius 2 is 1.88 bits per heavy atom. The number of hydrazone groups is 1. The van der Waals surface area contributed by atoms with Gasteiger partial charge in [0.2, 0.25) is 5.72 Å². The highest BCUT2D eigenvalue weighted by atomic mass is 19.3. The number of carbonyl (C=O) groups excluding carboxylic acids is 1. The van der Waals surface area contributed by atoms with Crippen molar-refractivity contribution < 1.29 is 45.7 Å². The highest BCUT2D eigenvalue weighted by molar-refractivity contribution is 5.99.